The van der Waals surface area contributed by atoms with Crippen molar-refractivity contribution < 1.29 is 13.9 Å². The van der Waals surface area contributed by atoms with Gasteiger partial charge in [0.2, 0.25) is 0 Å². The third kappa shape index (κ3) is 4.26. The van der Waals surface area contributed by atoms with Gasteiger partial charge in [-0.1, -0.05) is 13.0 Å². The summed E-state index contributed by atoms with van der Waals surface area (Å²) in [6.45, 7) is 9.82. The smallest absolute Gasteiger partial charge is 0.271 e. The van der Waals surface area contributed by atoms with E-state index in [-0.39, 0.29) is 11.1 Å². The maximum atomic E-state index is 13.3. The molecule has 1 unspecified atom stereocenters. The summed E-state index contributed by atoms with van der Waals surface area (Å²) in [6.07, 6.45) is 2.62. The molecule has 0 radical (unpaired) electrons. The lowest BCUT2D eigenvalue weighted by atomic mass is 9.79. The highest BCUT2D eigenvalue weighted by atomic mass is 19.1. The van der Waals surface area contributed by atoms with Crippen molar-refractivity contribution in [3.05, 3.63) is 58.9 Å². The normalized spacial score (nSPS) is 17.9. The first-order valence-electron chi connectivity index (χ1n) is 9.85. The molecule has 1 amide bonds. The average molecular weight is 397 g/mol. The minimum Gasteiger partial charge on any atom is -0.496 e. The van der Waals surface area contributed by atoms with Crippen LogP contribution in [-0.2, 0) is 0 Å². The quantitative estimate of drug-likeness (QED) is 0.587. The lowest BCUT2D eigenvalue weighted by Gasteiger charge is -2.47. The van der Waals surface area contributed by atoms with E-state index < -0.39 is 11.7 Å². The summed E-state index contributed by atoms with van der Waals surface area (Å²) in [7, 11) is 1.62. The van der Waals surface area contributed by atoms with Crippen LogP contribution >= 0.6 is 0 Å². The molecule has 1 N–H and O–H groups in total. The molecule has 0 spiro atoms. The second-order valence-corrected chi connectivity index (χ2v) is 8.02. The van der Waals surface area contributed by atoms with Crippen molar-refractivity contribution in [2.45, 2.75) is 45.6 Å². The molecular weight excluding hydrogens is 369 g/mol. The van der Waals surface area contributed by atoms with Gasteiger partial charge in [-0.25, -0.2) is 9.82 Å². The zero-order chi connectivity index (χ0) is 21.2. The summed E-state index contributed by atoms with van der Waals surface area (Å²) in [5.41, 5.74) is 5.94. The van der Waals surface area contributed by atoms with E-state index in [0.717, 1.165) is 18.5 Å². The van der Waals surface area contributed by atoms with Gasteiger partial charge in [0.15, 0.2) is 0 Å². The molecule has 1 heterocycles. The first kappa shape index (κ1) is 20.8. The van der Waals surface area contributed by atoms with Crippen molar-refractivity contribution in [2.24, 2.45) is 5.10 Å². The Balaban J connectivity index is 1.88. The molecule has 2 aromatic carbocycles. The predicted molar refractivity (Wildman–Crippen MR) is 115 cm³/mol. The number of amides is 1. The highest BCUT2D eigenvalue weighted by Gasteiger charge is 2.36. The molecule has 1 aliphatic heterocycles. The first-order valence-corrected chi connectivity index (χ1v) is 9.85. The standard InChI is InChI=1S/C23H28FN3O2/c1-6-27-20-12-21(29-5)17(11-19(20)15(2)13-23(27,3)4)14-25-26-22(28)16-8-7-9-18(24)10-16/h7-12,14-15H,6,13H2,1-5H3,(H,26,28)/b25-14-. The number of hydrogen-bond acceptors (Lipinski definition) is 4. The number of rotatable bonds is 5. The number of anilines is 1. The number of hydrazone groups is 1. The summed E-state index contributed by atoms with van der Waals surface area (Å²) < 4.78 is 18.9. The molecule has 2 aromatic rings. The van der Waals surface area contributed by atoms with Crippen LogP contribution < -0.4 is 15.1 Å². The molecular formula is C23H28FN3O2. The molecule has 0 bridgehead atoms. The molecule has 1 atom stereocenters. The summed E-state index contributed by atoms with van der Waals surface area (Å²) in [5.74, 6) is 0.152. The maximum Gasteiger partial charge on any atom is 0.271 e. The van der Waals surface area contributed by atoms with E-state index in [1.165, 1.54) is 35.5 Å². The average Bonchev–Trinajstić information content (AvgIpc) is 2.67. The Hall–Kier alpha value is -2.89. The number of nitrogens with one attached hydrogen (secondary N) is 1. The Bertz CT molecular complexity index is 940. The van der Waals surface area contributed by atoms with Crippen LogP contribution in [0, 0.1) is 5.82 Å². The molecule has 0 saturated heterocycles. The minimum absolute atomic E-state index is 0.0702. The number of hydrogen-bond donors (Lipinski definition) is 1. The number of nitrogens with zero attached hydrogens (tertiary/aromatic N) is 2. The summed E-state index contributed by atoms with van der Waals surface area (Å²) >= 11 is 0. The zero-order valence-electron chi connectivity index (χ0n) is 17.6. The second kappa shape index (κ2) is 8.23. The van der Waals surface area contributed by atoms with E-state index in [2.05, 4.69) is 49.2 Å². The van der Waals surface area contributed by atoms with Crippen LogP contribution in [0.3, 0.4) is 0 Å². The number of carbonyl (C=O) groups excluding carboxylic acids is 1. The summed E-state index contributed by atoms with van der Waals surface area (Å²) in [4.78, 5) is 14.6. The Morgan fingerprint density at radius 1 is 1.38 bits per heavy atom. The fraction of sp³-hybridized carbons (Fsp3) is 0.391. The highest BCUT2D eigenvalue weighted by Crippen LogP contribution is 2.45. The van der Waals surface area contributed by atoms with Crippen LogP contribution in [0.15, 0.2) is 41.5 Å². The molecule has 0 aliphatic carbocycles. The van der Waals surface area contributed by atoms with Crippen LogP contribution in [0.1, 0.15) is 61.5 Å². The van der Waals surface area contributed by atoms with Crippen LogP contribution in [-0.4, -0.2) is 31.3 Å². The Morgan fingerprint density at radius 3 is 2.79 bits per heavy atom. The molecule has 3 rings (SSSR count). The van der Waals surface area contributed by atoms with E-state index in [1.807, 2.05) is 6.07 Å². The van der Waals surface area contributed by atoms with E-state index in [4.69, 9.17) is 4.74 Å². The van der Waals surface area contributed by atoms with Crippen molar-refractivity contribution in [2.75, 3.05) is 18.6 Å². The van der Waals surface area contributed by atoms with E-state index in [1.54, 1.807) is 13.3 Å². The largest absolute Gasteiger partial charge is 0.496 e. The summed E-state index contributed by atoms with van der Waals surface area (Å²) in [5, 5.41) is 4.06. The molecule has 5 nitrogen and oxygen atoms in total. The van der Waals surface area contributed by atoms with Crippen LogP contribution in [0.2, 0.25) is 0 Å². The van der Waals surface area contributed by atoms with E-state index in [9.17, 15) is 9.18 Å². The monoisotopic (exact) mass is 397 g/mol. The van der Waals surface area contributed by atoms with Crippen molar-refractivity contribution in [1.82, 2.24) is 5.43 Å². The highest BCUT2D eigenvalue weighted by molar-refractivity contribution is 5.95. The Labute approximate surface area is 171 Å². The third-order valence-corrected chi connectivity index (χ3v) is 5.51. The number of benzene rings is 2. The SMILES string of the molecule is CCN1c2cc(OC)c(/C=N\NC(=O)c3cccc(F)c3)cc2C(C)CC1(C)C. The molecule has 6 heteroatoms. The molecule has 0 saturated carbocycles. The Kier molecular flexibility index (Phi) is 5.91. The number of halogens is 1. The van der Waals surface area contributed by atoms with Crippen LogP contribution in [0.25, 0.3) is 0 Å². The van der Waals surface area contributed by atoms with E-state index in [0.29, 0.717) is 11.7 Å². The lowest BCUT2D eigenvalue weighted by molar-refractivity contribution is 0.0954. The van der Waals surface area contributed by atoms with Crippen molar-refractivity contribution >= 4 is 17.8 Å². The van der Waals surface area contributed by atoms with Crippen molar-refractivity contribution in [1.29, 1.82) is 0 Å². The molecule has 29 heavy (non-hydrogen) atoms. The third-order valence-electron chi connectivity index (χ3n) is 5.51. The molecule has 1 aliphatic rings. The van der Waals surface area contributed by atoms with Gasteiger partial charge in [-0.2, -0.15) is 5.10 Å². The van der Waals surface area contributed by atoms with Gasteiger partial charge in [-0.3, -0.25) is 4.79 Å². The van der Waals surface area contributed by atoms with Gasteiger partial charge < -0.3 is 9.64 Å². The Morgan fingerprint density at radius 2 is 2.14 bits per heavy atom. The lowest BCUT2D eigenvalue weighted by Crippen LogP contribution is -2.48. The number of methoxy groups -OCH3 is 1. The fourth-order valence-corrected chi connectivity index (χ4v) is 4.26. The van der Waals surface area contributed by atoms with Crippen molar-refractivity contribution in [3.63, 3.8) is 0 Å². The van der Waals surface area contributed by atoms with Gasteiger partial charge in [0.25, 0.3) is 5.91 Å². The predicted octanol–water partition coefficient (Wildman–Crippen LogP) is 4.71. The number of fused-ring (bicyclic) bond motifs is 1. The topological polar surface area (TPSA) is 53.9 Å². The summed E-state index contributed by atoms with van der Waals surface area (Å²) in [6, 6.07) is 9.62. The first-order chi connectivity index (χ1) is 13.8. The van der Waals surface area contributed by atoms with Gasteiger partial charge in [-0.05, 0) is 62.9 Å². The number of carbonyl (C=O) groups is 1. The van der Waals surface area contributed by atoms with Gasteiger partial charge in [0.05, 0.1) is 13.3 Å². The van der Waals surface area contributed by atoms with Crippen LogP contribution in [0.5, 0.6) is 5.75 Å². The minimum atomic E-state index is -0.468. The molecule has 0 aromatic heterocycles. The molecule has 154 valence electrons. The van der Waals surface area contributed by atoms with Gasteiger partial charge in [0.1, 0.15) is 11.6 Å². The maximum absolute atomic E-state index is 13.3. The van der Waals surface area contributed by atoms with Crippen LogP contribution in [0.4, 0.5) is 10.1 Å². The van der Waals surface area contributed by atoms with Gasteiger partial charge in [-0.15, -0.1) is 0 Å². The van der Waals surface area contributed by atoms with Gasteiger partial charge >= 0.3 is 0 Å². The molecule has 0 fully saturated rings. The van der Waals surface area contributed by atoms with Gasteiger partial charge in [0, 0.05) is 35.0 Å². The fourth-order valence-electron chi connectivity index (χ4n) is 4.26. The number of ether oxygens (including phenoxy) is 1. The van der Waals surface area contributed by atoms with Crippen molar-refractivity contribution in [3.8, 4) is 5.75 Å². The zero-order valence-corrected chi connectivity index (χ0v) is 17.6. The second-order valence-electron chi connectivity index (χ2n) is 8.02. The van der Waals surface area contributed by atoms with E-state index >= 15 is 0 Å².